The number of benzene rings is 4. The third kappa shape index (κ3) is 5.34. The van der Waals surface area contributed by atoms with E-state index in [-0.39, 0.29) is 12.3 Å². The summed E-state index contributed by atoms with van der Waals surface area (Å²) in [6.07, 6.45) is -0.199. The summed E-state index contributed by atoms with van der Waals surface area (Å²) in [5.74, 6) is -1.29. The van der Waals surface area contributed by atoms with Crippen LogP contribution in [-0.4, -0.2) is 24.0 Å². The first kappa shape index (κ1) is 22.8. The van der Waals surface area contributed by atoms with E-state index in [1.165, 1.54) is 0 Å². The van der Waals surface area contributed by atoms with Crippen molar-refractivity contribution in [3.8, 4) is 0 Å². The highest BCUT2D eigenvalue weighted by Gasteiger charge is 2.22. The van der Waals surface area contributed by atoms with E-state index in [4.69, 9.17) is 0 Å². The molecule has 0 aliphatic heterocycles. The number of rotatable bonds is 7. The molecule has 6 heteroatoms. The second kappa shape index (κ2) is 10.0. The average Bonchev–Trinajstić information content (AvgIpc) is 2.83. The lowest BCUT2D eigenvalue weighted by Gasteiger charge is -2.24. The second-order valence-electron chi connectivity index (χ2n) is 7.79. The second-order valence-corrected chi connectivity index (χ2v) is 9.03. The molecule has 4 aromatic carbocycles. The lowest BCUT2D eigenvalue weighted by atomic mass is 10.0. The molecule has 4 rings (SSSR count). The van der Waals surface area contributed by atoms with E-state index < -0.39 is 12.0 Å². The monoisotopic (exact) mass is 550 g/mol. The largest absolute Gasteiger partial charge is 0.481 e. The van der Waals surface area contributed by atoms with Gasteiger partial charge in [0.2, 0.25) is 0 Å². The van der Waals surface area contributed by atoms with Crippen LogP contribution < -0.4 is 10.2 Å². The number of hydrogen-bond donors (Lipinski definition) is 2. The number of carbonyl (C=O) groups is 2. The van der Waals surface area contributed by atoms with Crippen molar-refractivity contribution in [3.63, 3.8) is 0 Å². The van der Waals surface area contributed by atoms with Crippen LogP contribution in [0.2, 0.25) is 0 Å². The van der Waals surface area contributed by atoms with E-state index in [2.05, 4.69) is 52.2 Å². The Hall–Kier alpha value is -3.39. The van der Waals surface area contributed by atoms with Gasteiger partial charge in [-0.25, -0.2) is 0 Å². The number of halogens is 1. The molecule has 0 saturated carbocycles. The molecule has 1 atom stereocenters. The van der Waals surface area contributed by atoms with Crippen LogP contribution in [0.15, 0.2) is 91.0 Å². The summed E-state index contributed by atoms with van der Waals surface area (Å²) in [7, 11) is 1.93. The van der Waals surface area contributed by atoms with Gasteiger partial charge < -0.3 is 15.3 Å². The Bertz CT molecular complexity index is 1310. The molecule has 0 bridgehead atoms. The molecule has 33 heavy (non-hydrogen) atoms. The van der Waals surface area contributed by atoms with Gasteiger partial charge >= 0.3 is 5.97 Å². The molecule has 0 fully saturated rings. The van der Waals surface area contributed by atoms with Crippen LogP contribution in [0.3, 0.4) is 0 Å². The molecule has 166 valence electrons. The number of anilines is 2. The highest BCUT2D eigenvalue weighted by atomic mass is 127. The van der Waals surface area contributed by atoms with Crippen LogP contribution in [0.4, 0.5) is 11.4 Å². The van der Waals surface area contributed by atoms with E-state index in [1.54, 1.807) is 0 Å². The minimum absolute atomic E-state index is 0.199. The van der Waals surface area contributed by atoms with E-state index in [1.807, 2.05) is 78.7 Å². The molecule has 2 N–H and O–H groups in total. The van der Waals surface area contributed by atoms with Crippen molar-refractivity contribution in [1.82, 2.24) is 5.32 Å². The highest BCUT2D eigenvalue weighted by Crippen LogP contribution is 2.31. The lowest BCUT2D eigenvalue weighted by molar-refractivity contribution is -0.137. The molecule has 0 aliphatic carbocycles. The number of nitrogens with zero attached hydrogens (tertiary/aromatic N) is 1. The van der Waals surface area contributed by atoms with Crippen molar-refractivity contribution in [2.45, 2.75) is 12.5 Å². The molecule has 1 amide bonds. The van der Waals surface area contributed by atoms with Crippen molar-refractivity contribution in [2.75, 3.05) is 11.9 Å². The van der Waals surface area contributed by atoms with Crippen molar-refractivity contribution in [1.29, 1.82) is 0 Å². The Kier molecular flexibility index (Phi) is 6.93. The summed E-state index contributed by atoms with van der Waals surface area (Å²) >= 11 is 2.18. The Morgan fingerprint density at radius 1 is 0.909 bits per heavy atom. The summed E-state index contributed by atoms with van der Waals surface area (Å²) in [5.41, 5.74) is 2.94. The van der Waals surface area contributed by atoms with Crippen LogP contribution in [0, 0.1) is 3.57 Å². The van der Waals surface area contributed by atoms with Gasteiger partial charge in [-0.05, 0) is 69.3 Å². The van der Waals surface area contributed by atoms with Crippen molar-refractivity contribution >= 4 is 56.6 Å². The van der Waals surface area contributed by atoms with E-state index >= 15 is 0 Å². The predicted molar refractivity (Wildman–Crippen MR) is 140 cm³/mol. The quantitative estimate of drug-likeness (QED) is 0.271. The standard InChI is InChI=1S/C27H23IN2O3/c1-30(22-13-11-18-7-5-6-10-20(18)15-22)25-14-12-21(28)16-23(25)27(33)29-24(17-26(31)32)19-8-3-2-4-9-19/h2-16,24H,17H2,1H3,(H,29,33)(H,31,32). The lowest BCUT2D eigenvalue weighted by Crippen LogP contribution is -2.31. The maximum absolute atomic E-state index is 13.4. The number of carboxylic acids is 1. The van der Waals surface area contributed by atoms with Gasteiger partial charge in [0.1, 0.15) is 0 Å². The number of aliphatic carboxylic acids is 1. The summed E-state index contributed by atoms with van der Waals surface area (Å²) in [6, 6.07) is 28.6. The van der Waals surface area contributed by atoms with Crippen molar-refractivity contribution < 1.29 is 14.7 Å². The maximum Gasteiger partial charge on any atom is 0.305 e. The molecule has 0 saturated heterocycles. The maximum atomic E-state index is 13.4. The smallest absolute Gasteiger partial charge is 0.305 e. The van der Waals surface area contributed by atoms with Crippen LogP contribution in [0.1, 0.15) is 28.4 Å². The number of carbonyl (C=O) groups excluding carboxylic acids is 1. The van der Waals surface area contributed by atoms with Gasteiger partial charge in [0.05, 0.1) is 23.7 Å². The zero-order valence-corrected chi connectivity index (χ0v) is 20.2. The molecule has 5 nitrogen and oxygen atoms in total. The third-order valence-corrected chi connectivity index (χ3v) is 6.24. The first-order chi connectivity index (χ1) is 15.9. The number of carboxylic acid groups (broad SMARTS) is 1. The van der Waals surface area contributed by atoms with Crippen LogP contribution >= 0.6 is 22.6 Å². The first-order valence-electron chi connectivity index (χ1n) is 10.5. The Labute approximate surface area is 206 Å². The van der Waals surface area contributed by atoms with Crippen LogP contribution in [0.5, 0.6) is 0 Å². The zero-order chi connectivity index (χ0) is 23.4. The van der Waals surface area contributed by atoms with Gasteiger partial charge in [-0.1, -0.05) is 60.7 Å². The summed E-state index contributed by atoms with van der Waals surface area (Å²) < 4.78 is 0.919. The minimum atomic E-state index is -0.972. The highest BCUT2D eigenvalue weighted by molar-refractivity contribution is 14.1. The topological polar surface area (TPSA) is 69.6 Å². The van der Waals surface area contributed by atoms with E-state index in [0.717, 1.165) is 31.3 Å². The number of fused-ring (bicyclic) bond motifs is 1. The van der Waals surface area contributed by atoms with Gasteiger partial charge in [-0.2, -0.15) is 0 Å². The number of hydrogen-bond acceptors (Lipinski definition) is 3. The molecule has 4 aromatic rings. The fraction of sp³-hybridized carbons (Fsp3) is 0.111. The fourth-order valence-corrected chi connectivity index (χ4v) is 4.35. The summed E-state index contributed by atoms with van der Waals surface area (Å²) in [5, 5.41) is 14.6. The average molecular weight is 550 g/mol. The Morgan fingerprint density at radius 3 is 2.33 bits per heavy atom. The summed E-state index contributed by atoms with van der Waals surface area (Å²) in [6.45, 7) is 0. The molecule has 0 radical (unpaired) electrons. The molecule has 0 heterocycles. The molecule has 0 aromatic heterocycles. The normalized spacial score (nSPS) is 11.7. The number of nitrogens with one attached hydrogen (secondary N) is 1. The van der Waals surface area contributed by atoms with Gasteiger partial charge in [-0.3, -0.25) is 9.59 Å². The zero-order valence-electron chi connectivity index (χ0n) is 18.0. The van der Waals surface area contributed by atoms with Crippen LogP contribution in [-0.2, 0) is 4.79 Å². The van der Waals surface area contributed by atoms with Crippen LogP contribution in [0.25, 0.3) is 10.8 Å². The fourth-order valence-electron chi connectivity index (χ4n) is 3.86. The first-order valence-corrected chi connectivity index (χ1v) is 11.6. The van der Waals surface area contributed by atoms with Crippen molar-refractivity contribution in [2.24, 2.45) is 0 Å². The van der Waals surface area contributed by atoms with Gasteiger partial charge in [0.15, 0.2) is 0 Å². The molecular formula is C27H23IN2O3. The Morgan fingerprint density at radius 2 is 1.61 bits per heavy atom. The van der Waals surface area contributed by atoms with E-state index in [9.17, 15) is 14.7 Å². The molecule has 1 unspecified atom stereocenters. The van der Waals surface area contributed by atoms with Crippen molar-refractivity contribution in [3.05, 3.63) is 106 Å². The third-order valence-electron chi connectivity index (χ3n) is 5.57. The predicted octanol–water partition coefficient (Wildman–Crippen LogP) is 6.16. The van der Waals surface area contributed by atoms with Gasteiger partial charge in [0.25, 0.3) is 5.91 Å². The molecule has 0 spiro atoms. The molecule has 0 aliphatic rings. The minimum Gasteiger partial charge on any atom is -0.481 e. The van der Waals surface area contributed by atoms with E-state index in [0.29, 0.717) is 5.56 Å². The number of amides is 1. The Balaban J connectivity index is 1.68. The molecular weight excluding hydrogens is 527 g/mol. The van der Waals surface area contributed by atoms with Gasteiger partial charge in [-0.15, -0.1) is 0 Å². The summed E-state index contributed by atoms with van der Waals surface area (Å²) in [4.78, 5) is 26.8. The SMILES string of the molecule is CN(c1ccc2ccccc2c1)c1ccc(I)cc1C(=O)NC(CC(=O)O)c1ccccc1. The van der Waals surface area contributed by atoms with Gasteiger partial charge in [0, 0.05) is 16.3 Å².